The Bertz CT molecular complexity index is 553. The van der Waals surface area contributed by atoms with E-state index in [0.29, 0.717) is 5.02 Å². The highest BCUT2D eigenvalue weighted by molar-refractivity contribution is 6.31. The summed E-state index contributed by atoms with van der Waals surface area (Å²) in [6.07, 6.45) is 1.28. The maximum Gasteiger partial charge on any atom is 0.280 e. The molecule has 0 atom stereocenters. The van der Waals surface area contributed by atoms with Crippen LogP contribution in [-0.4, -0.2) is 10.1 Å². The fourth-order valence-electron chi connectivity index (χ4n) is 1.30. The molecule has 0 saturated carbocycles. The van der Waals surface area contributed by atoms with Crippen molar-refractivity contribution in [2.24, 2.45) is 0 Å². The van der Waals surface area contributed by atoms with Crippen molar-refractivity contribution in [3.05, 3.63) is 39.5 Å². The number of nitrogens with zero attached hydrogens (tertiary/aromatic N) is 2. The third kappa shape index (κ3) is 1.70. The zero-order valence-electron chi connectivity index (χ0n) is 7.88. The quantitative estimate of drug-likeness (QED) is 0.642. The molecule has 0 aliphatic heterocycles. The van der Waals surface area contributed by atoms with E-state index >= 15 is 0 Å². The molecule has 82 valence electrons. The summed E-state index contributed by atoms with van der Waals surface area (Å²) in [5.41, 5.74) is 5.88. The molecule has 0 spiro atoms. The van der Waals surface area contributed by atoms with E-state index in [4.69, 9.17) is 21.9 Å². The van der Waals surface area contributed by atoms with Crippen LogP contribution in [-0.2, 0) is 0 Å². The molecule has 0 saturated heterocycles. The van der Waals surface area contributed by atoms with Gasteiger partial charge in [-0.25, -0.2) is 0 Å². The summed E-state index contributed by atoms with van der Waals surface area (Å²) in [4.78, 5) is 10.3. The molecule has 6 nitrogen and oxygen atoms in total. The van der Waals surface area contributed by atoms with Crippen molar-refractivity contribution in [2.45, 2.75) is 0 Å². The van der Waals surface area contributed by atoms with Gasteiger partial charge in [0.1, 0.15) is 11.3 Å². The molecule has 0 bridgehead atoms. The van der Waals surface area contributed by atoms with Gasteiger partial charge >= 0.3 is 0 Å². The number of benzene rings is 1. The van der Waals surface area contributed by atoms with E-state index in [0.717, 1.165) is 0 Å². The molecule has 2 N–H and O–H groups in total. The lowest BCUT2D eigenvalue weighted by Gasteiger charge is -2.00. The Morgan fingerprint density at radius 1 is 1.50 bits per heavy atom. The summed E-state index contributed by atoms with van der Waals surface area (Å²) in [6, 6.07) is 4.13. The molecule has 0 unspecified atom stereocenters. The van der Waals surface area contributed by atoms with Crippen molar-refractivity contribution in [2.75, 3.05) is 5.73 Å². The van der Waals surface area contributed by atoms with Gasteiger partial charge in [-0.15, -0.1) is 0 Å². The largest absolute Gasteiger partial charge is 0.394 e. The molecule has 1 heterocycles. The number of nitro groups is 1. The molecule has 2 rings (SSSR count). The topological polar surface area (TPSA) is 95.2 Å². The number of halogens is 1. The van der Waals surface area contributed by atoms with Crippen LogP contribution < -0.4 is 5.73 Å². The Labute approximate surface area is 94.7 Å². The van der Waals surface area contributed by atoms with E-state index in [-0.39, 0.29) is 22.7 Å². The third-order valence-electron chi connectivity index (χ3n) is 2.00. The number of hydrogen-bond donors (Lipinski definition) is 1. The van der Waals surface area contributed by atoms with Gasteiger partial charge in [0.2, 0.25) is 0 Å². The summed E-state index contributed by atoms with van der Waals surface area (Å²) in [6.45, 7) is 0. The second-order valence-corrected chi connectivity index (χ2v) is 3.47. The predicted octanol–water partition coefficient (Wildman–Crippen LogP) is 2.49. The number of anilines is 1. The lowest BCUT2D eigenvalue weighted by Crippen LogP contribution is -1.93. The first-order valence-corrected chi connectivity index (χ1v) is 4.62. The molecule has 7 heteroatoms. The maximum atomic E-state index is 10.8. The minimum Gasteiger partial charge on any atom is -0.394 e. The Kier molecular flexibility index (Phi) is 2.49. The van der Waals surface area contributed by atoms with E-state index in [1.54, 1.807) is 0 Å². The van der Waals surface area contributed by atoms with Gasteiger partial charge in [0.15, 0.2) is 5.76 Å². The number of nitrogen functional groups attached to an aromatic ring is 1. The van der Waals surface area contributed by atoms with Crippen LogP contribution in [0.25, 0.3) is 11.3 Å². The Morgan fingerprint density at radius 3 is 2.81 bits per heavy atom. The van der Waals surface area contributed by atoms with Crippen LogP contribution in [0.5, 0.6) is 0 Å². The van der Waals surface area contributed by atoms with E-state index in [1.807, 2.05) is 0 Å². The van der Waals surface area contributed by atoms with Gasteiger partial charge in [-0.1, -0.05) is 16.8 Å². The average Bonchev–Trinajstić information content (AvgIpc) is 2.63. The van der Waals surface area contributed by atoms with Crippen LogP contribution in [0.1, 0.15) is 0 Å². The summed E-state index contributed by atoms with van der Waals surface area (Å²) in [7, 11) is 0. The fourth-order valence-corrected chi connectivity index (χ4v) is 1.47. The predicted molar refractivity (Wildman–Crippen MR) is 58.0 cm³/mol. The fraction of sp³-hybridized carbons (Fsp3) is 0. The normalized spacial score (nSPS) is 10.3. The van der Waals surface area contributed by atoms with E-state index in [1.165, 1.54) is 24.4 Å². The monoisotopic (exact) mass is 239 g/mol. The molecule has 16 heavy (non-hydrogen) atoms. The first-order chi connectivity index (χ1) is 7.59. The van der Waals surface area contributed by atoms with Crippen LogP contribution in [0.4, 0.5) is 11.4 Å². The van der Waals surface area contributed by atoms with Gasteiger partial charge in [0.25, 0.3) is 5.69 Å². The molecule has 0 fully saturated rings. The summed E-state index contributed by atoms with van der Waals surface area (Å²) in [5, 5.41) is 14.6. The van der Waals surface area contributed by atoms with Crippen molar-refractivity contribution in [3.8, 4) is 11.3 Å². The zero-order chi connectivity index (χ0) is 11.7. The van der Waals surface area contributed by atoms with E-state index < -0.39 is 4.92 Å². The molecular weight excluding hydrogens is 234 g/mol. The van der Waals surface area contributed by atoms with Crippen LogP contribution in [0.15, 0.2) is 28.9 Å². The molecule has 0 aliphatic rings. The highest BCUT2D eigenvalue weighted by Gasteiger charge is 2.20. The van der Waals surface area contributed by atoms with Crippen LogP contribution >= 0.6 is 11.6 Å². The van der Waals surface area contributed by atoms with Crippen molar-refractivity contribution in [1.29, 1.82) is 0 Å². The van der Waals surface area contributed by atoms with Crippen LogP contribution in [0, 0.1) is 10.1 Å². The van der Waals surface area contributed by atoms with Crippen molar-refractivity contribution in [1.82, 2.24) is 5.16 Å². The number of rotatable bonds is 2. The number of nitrogens with two attached hydrogens (primary N) is 1. The lowest BCUT2D eigenvalue weighted by molar-refractivity contribution is -0.384. The molecule has 0 amide bonds. The zero-order valence-corrected chi connectivity index (χ0v) is 8.64. The molecule has 1 aromatic carbocycles. The Morgan fingerprint density at radius 2 is 2.25 bits per heavy atom. The van der Waals surface area contributed by atoms with Gasteiger partial charge in [-0.05, 0) is 12.1 Å². The molecular formula is C9H6ClN3O3. The lowest BCUT2D eigenvalue weighted by atomic mass is 10.1. The van der Waals surface area contributed by atoms with Gasteiger partial charge in [0.05, 0.1) is 11.1 Å². The number of hydrogen-bond acceptors (Lipinski definition) is 5. The highest BCUT2D eigenvalue weighted by atomic mass is 35.5. The SMILES string of the molecule is Nc1cnoc1-c1cc(Cl)ccc1[N+](=O)[O-]. The van der Waals surface area contributed by atoms with Gasteiger partial charge in [-0.3, -0.25) is 10.1 Å². The minimum atomic E-state index is -0.534. The van der Waals surface area contributed by atoms with Gasteiger partial charge in [0, 0.05) is 11.1 Å². The van der Waals surface area contributed by atoms with Crippen molar-refractivity contribution < 1.29 is 9.45 Å². The number of nitro benzene ring substituents is 1. The Hall–Kier alpha value is -2.08. The second kappa shape index (κ2) is 3.82. The first kappa shape index (κ1) is 10.4. The highest BCUT2D eigenvalue weighted by Crippen LogP contribution is 2.35. The minimum absolute atomic E-state index is 0.132. The smallest absolute Gasteiger partial charge is 0.280 e. The van der Waals surface area contributed by atoms with Crippen LogP contribution in [0.3, 0.4) is 0 Å². The summed E-state index contributed by atoms with van der Waals surface area (Å²) >= 11 is 5.77. The van der Waals surface area contributed by atoms with Gasteiger partial charge in [-0.2, -0.15) is 0 Å². The molecule has 2 aromatic rings. The second-order valence-electron chi connectivity index (χ2n) is 3.03. The number of aromatic nitrogens is 1. The van der Waals surface area contributed by atoms with Crippen molar-refractivity contribution in [3.63, 3.8) is 0 Å². The summed E-state index contributed by atoms with van der Waals surface area (Å²) in [5.74, 6) is 0.147. The molecule has 0 radical (unpaired) electrons. The Balaban J connectivity index is 2.67. The average molecular weight is 240 g/mol. The molecule has 0 aliphatic carbocycles. The van der Waals surface area contributed by atoms with E-state index in [2.05, 4.69) is 5.16 Å². The van der Waals surface area contributed by atoms with Crippen LogP contribution in [0.2, 0.25) is 5.02 Å². The molecule has 1 aromatic heterocycles. The standard InChI is InChI=1S/C9H6ClN3O3/c10-5-1-2-8(13(14)15)6(3-5)9-7(11)4-12-16-9/h1-4H,11H2. The third-order valence-corrected chi connectivity index (χ3v) is 2.23. The van der Waals surface area contributed by atoms with E-state index in [9.17, 15) is 10.1 Å². The van der Waals surface area contributed by atoms with Gasteiger partial charge < -0.3 is 10.3 Å². The summed E-state index contributed by atoms with van der Waals surface area (Å²) < 4.78 is 4.86. The van der Waals surface area contributed by atoms with Crippen molar-refractivity contribution >= 4 is 23.0 Å². The maximum absolute atomic E-state index is 10.8. The first-order valence-electron chi connectivity index (χ1n) is 4.24.